The molecule has 1 aliphatic rings. The normalized spacial score (nSPS) is 15.1. The molecule has 144 valence electrons. The summed E-state index contributed by atoms with van der Waals surface area (Å²) in [6.45, 7) is 7.34. The van der Waals surface area contributed by atoms with Crippen LogP contribution in [0.3, 0.4) is 0 Å². The van der Waals surface area contributed by atoms with Gasteiger partial charge in [0, 0.05) is 45.2 Å². The van der Waals surface area contributed by atoms with Crippen LogP contribution in [-0.2, 0) is 9.59 Å². The standard InChI is InChI=1S/C18H28N4O4/c1-14(2)20-16(23)13-21-8-10-22(11-9-21)17(24)6-3-7-19-18(25)15-5-4-12-26-15/h4-5,12,14H,3,6-11,13H2,1-2H3,(H,19,25)(H,20,23). The van der Waals surface area contributed by atoms with Gasteiger partial charge in [-0.25, -0.2) is 0 Å². The summed E-state index contributed by atoms with van der Waals surface area (Å²) in [5.41, 5.74) is 0. The van der Waals surface area contributed by atoms with E-state index in [4.69, 9.17) is 4.42 Å². The third kappa shape index (κ3) is 6.51. The summed E-state index contributed by atoms with van der Waals surface area (Å²) in [7, 11) is 0. The Morgan fingerprint density at radius 2 is 1.92 bits per heavy atom. The first-order valence-corrected chi connectivity index (χ1v) is 9.07. The molecule has 2 N–H and O–H groups in total. The molecule has 1 aromatic heterocycles. The van der Waals surface area contributed by atoms with E-state index in [9.17, 15) is 14.4 Å². The number of amides is 3. The predicted octanol–water partition coefficient (Wildman–Crippen LogP) is 0.458. The van der Waals surface area contributed by atoms with Gasteiger partial charge in [0.05, 0.1) is 12.8 Å². The highest BCUT2D eigenvalue weighted by molar-refractivity contribution is 5.91. The monoisotopic (exact) mass is 364 g/mol. The average molecular weight is 364 g/mol. The smallest absolute Gasteiger partial charge is 0.286 e. The molecule has 8 nitrogen and oxygen atoms in total. The van der Waals surface area contributed by atoms with Crippen molar-refractivity contribution in [2.24, 2.45) is 0 Å². The van der Waals surface area contributed by atoms with E-state index in [-0.39, 0.29) is 29.5 Å². The molecule has 0 atom stereocenters. The molecular weight excluding hydrogens is 336 g/mol. The van der Waals surface area contributed by atoms with E-state index in [1.807, 2.05) is 18.7 Å². The van der Waals surface area contributed by atoms with E-state index in [0.717, 1.165) is 0 Å². The fourth-order valence-corrected chi connectivity index (χ4v) is 2.82. The van der Waals surface area contributed by atoms with Gasteiger partial charge in [-0.2, -0.15) is 0 Å². The van der Waals surface area contributed by atoms with Crippen LogP contribution < -0.4 is 10.6 Å². The minimum absolute atomic E-state index is 0.0204. The van der Waals surface area contributed by atoms with Crippen LogP contribution in [-0.4, -0.2) is 72.8 Å². The number of hydrogen-bond acceptors (Lipinski definition) is 5. The second kappa shape index (κ2) is 9.96. The van der Waals surface area contributed by atoms with Crippen molar-refractivity contribution in [2.45, 2.75) is 32.7 Å². The molecule has 2 heterocycles. The van der Waals surface area contributed by atoms with Gasteiger partial charge >= 0.3 is 0 Å². The van der Waals surface area contributed by atoms with Crippen LogP contribution in [0.1, 0.15) is 37.2 Å². The van der Waals surface area contributed by atoms with Gasteiger partial charge in [0.2, 0.25) is 11.8 Å². The number of carbonyl (C=O) groups excluding carboxylic acids is 3. The lowest BCUT2D eigenvalue weighted by Gasteiger charge is -2.34. The second-order valence-electron chi connectivity index (χ2n) is 6.72. The molecule has 0 aliphatic carbocycles. The summed E-state index contributed by atoms with van der Waals surface area (Å²) < 4.78 is 5.01. The Balaban J connectivity index is 1.59. The minimum Gasteiger partial charge on any atom is -0.459 e. The van der Waals surface area contributed by atoms with Gasteiger partial charge in [0.15, 0.2) is 5.76 Å². The molecule has 1 aromatic rings. The van der Waals surface area contributed by atoms with Crippen molar-refractivity contribution in [3.8, 4) is 0 Å². The maximum atomic E-state index is 12.2. The largest absolute Gasteiger partial charge is 0.459 e. The highest BCUT2D eigenvalue weighted by atomic mass is 16.3. The summed E-state index contributed by atoms with van der Waals surface area (Å²) in [5, 5.41) is 5.61. The fraction of sp³-hybridized carbons (Fsp3) is 0.611. The van der Waals surface area contributed by atoms with Gasteiger partial charge in [-0.3, -0.25) is 19.3 Å². The van der Waals surface area contributed by atoms with E-state index < -0.39 is 0 Å². The summed E-state index contributed by atoms with van der Waals surface area (Å²) in [6.07, 6.45) is 2.43. The van der Waals surface area contributed by atoms with Crippen molar-refractivity contribution < 1.29 is 18.8 Å². The van der Waals surface area contributed by atoms with Crippen LogP contribution >= 0.6 is 0 Å². The van der Waals surface area contributed by atoms with Crippen molar-refractivity contribution in [1.29, 1.82) is 0 Å². The number of nitrogens with zero attached hydrogens (tertiary/aromatic N) is 2. The Morgan fingerprint density at radius 3 is 2.54 bits per heavy atom. The number of piperazine rings is 1. The lowest BCUT2D eigenvalue weighted by Crippen LogP contribution is -2.51. The topological polar surface area (TPSA) is 94.9 Å². The van der Waals surface area contributed by atoms with Crippen LogP contribution in [0.4, 0.5) is 0 Å². The molecule has 0 unspecified atom stereocenters. The second-order valence-corrected chi connectivity index (χ2v) is 6.72. The van der Waals surface area contributed by atoms with Gasteiger partial charge in [0.25, 0.3) is 5.91 Å². The number of furan rings is 1. The van der Waals surface area contributed by atoms with E-state index >= 15 is 0 Å². The molecule has 26 heavy (non-hydrogen) atoms. The maximum Gasteiger partial charge on any atom is 0.286 e. The minimum atomic E-state index is -0.268. The number of rotatable bonds is 8. The highest BCUT2D eigenvalue weighted by Crippen LogP contribution is 2.05. The third-order valence-corrected chi connectivity index (χ3v) is 4.14. The lowest BCUT2D eigenvalue weighted by atomic mass is 10.2. The lowest BCUT2D eigenvalue weighted by molar-refractivity contribution is -0.133. The SMILES string of the molecule is CC(C)NC(=O)CN1CCN(C(=O)CCCNC(=O)c2ccco2)CC1. The Hall–Kier alpha value is -2.35. The Kier molecular flexibility index (Phi) is 7.65. The zero-order valence-electron chi connectivity index (χ0n) is 15.5. The Morgan fingerprint density at radius 1 is 1.19 bits per heavy atom. The van der Waals surface area contributed by atoms with E-state index in [2.05, 4.69) is 15.5 Å². The number of hydrogen-bond donors (Lipinski definition) is 2. The number of carbonyl (C=O) groups is 3. The third-order valence-electron chi connectivity index (χ3n) is 4.14. The van der Waals surface area contributed by atoms with Crippen molar-refractivity contribution in [3.05, 3.63) is 24.2 Å². The molecule has 8 heteroatoms. The van der Waals surface area contributed by atoms with E-state index in [0.29, 0.717) is 52.1 Å². The molecule has 2 rings (SSSR count). The van der Waals surface area contributed by atoms with Crippen molar-refractivity contribution in [3.63, 3.8) is 0 Å². The molecule has 0 bridgehead atoms. The molecule has 0 radical (unpaired) electrons. The van der Waals surface area contributed by atoms with Crippen LogP contribution in [0.25, 0.3) is 0 Å². The van der Waals surface area contributed by atoms with Gasteiger partial charge in [0.1, 0.15) is 0 Å². The summed E-state index contributed by atoms with van der Waals surface area (Å²) in [6, 6.07) is 3.39. The fourth-order valence-electron chi connectivity index (χ4n) is 2.82. The van der Waals surface area contributed by atoms with Crippen molar-refractivity contribution in [1.82, 2.24) is 20.4 Å². The molecule has 0 spiro atoms. The Labute approximate surface area is 153 Å². The molecule has 1 aliphatic heterocycles. The molecule has 1 saturated heterocycles. The quantitative estimate of drug-likeness (QED) is 0.654. The molecule has 0 saturated carbocycles. The Bertz CT molecular complexity index is 592. The van der Waals surface area contributed by atoms with Crippen molar-refractivity contribution in [2.75, 3.05) is 39.3 Å². The van der Waals surface area contributed by atoms with Gasteiger partial charge in [-0.05, 0) is 32.4 Å². The number of nitrogens with one attached hydrogen (secondary N) is 2. The van der Waals surface area contributed by atoms with Gasteiger partial charge in [-0.15, -0.1) is 0 Å². The first-order valence-electron chi connectivity index (χ1n) is 9.07. The van der Waals surface area contributed by atoms with Crippen LogP contribution in [0, 0.1) is 0 Å². The van der Waals surface area contributed by atoms with Crippen LogP contribution in [0.2, 0.25) is 0 Å². The zero-order chi connectivity index (χ0) is 18.9. The molecule has 3 amide bonds. The highest BCUT2D eigenvalue weighted by Gasteiger charge is 2.22. The first-order chi connectivity index (χ1) is 12.5. The zero-order valence-corrected chi connectivity index (χ0v) is 15.5. The van der Waals surface area contributed by atoms with E-state index in [1.165, 1.54) is 6.26 Å². The summed E-state index contributed by atoms with van der Waals surface area (Å²) in [5.74, 6) is 0.111. The van der Waals surface area contributed by atoms with Gasteiger partial charge < -0.3 is 20.0 Å². The van der Waals surface area contributed by atoms with Crippen molar-refractivity contribution >= 4 is 17.7 Å². The van der Waals surface area contributed by atoms with Crippen LogP contribution in [0.5, 0.6) is 0 Å². The van der Waals surface area contributed by atoms with E-state index in [1.54, 1.807) is 12.1 Å². The predicted molar refractivity (Wildman–Crippen MR) is 96.6 cm³/mol. The molecule has 1 fully saturated rings. The molecular formula is C18H28N4O4. The maximum absolute atomic E-state index is 12.2. The first kappa shape index (κ1) is 20.0. The van der Waals surface area contributed by atoms with Gasteiger partial charge in [-0.1, -0.05) is 0 Å². The average Bonchev–Trinajstić information content (AvgIpc) is 3.13. The van der Waals surface area contributed by atoms with Crippen LogP contribution in [0.15, 0.2) is 22.8 Å². The molecule has 0 aromatic carbocycles. The summed E-state index contributed by atoms with van der Waals surface area (Å²) >= 11 is 0. The summed E-state index contributed by atoms with van der Waals surface area (Å²) in [4.78, 5) is 39.6.